The average Bonchev–Trinajstić information content (AvgIpc) is 2.74. The van der Waals surface area contributed by atoms with Gasteiger partial charge < -0.3 is 10.6 Å². The third kappa shape index (κ3) is 3.15. The fourth-order valence-electron chi connectivity index (χ4n) is 1.91. The smallest absolute Gasteiger partial charge is 0.166 e. The minimum atomic E-state index is -0.311. The average molecular weight is 288 g/mol. The normalized spacial score (nSPS) is 20.0. The molecule has 1 atom stereocenters. The van der Waals surface area contributed by atoms with Crippen LogP contribution in [0, 0.1) is 5.82 Å². The molecule has 3 nitrogen and oxygen atoms in total. The van der Waals surface area contributed by atoms with Crippen LogP contribution in [0.1, 0.15) is 19.3 Å². The Balaban J connectivity index is 1.80. The van der Waals surface area contributed by atoms with E-state index in [0.717, 1.165) is 19.5 Å². The SMILES string of the molecule is Fc1cc(Br)cnc1NCC[C@H]1CCCN1. The fraction of sp³-hybridized carbons (Fsp3) is 0.545. The molecule has 0 spiro atoms. The first-order valence-corrected chi connectivity index (χ1v) is 6.33. The van der Waals surface area contributed by atoms with Crippen molar-refractivity contribution >= 4 is 21.7 Å². The second kappa shape index (κ2) is 5.59. The Labute approximate surface area is 103 Å². The van der Waals surface area contributed by atoms with E-state index in [4.69, 9.17) is 0 Å². The molecule has 1 fully saturated rings. The van der Waals surface area contributed by atoms with Gasteiger partial charge in [0, 0.05) is 23.3 Å². The quantitative estimate of drug-likeness (QED) is 0.894. The molecule has 88 valence electrons. The van der Waals surface area contributed by atoms with Crippen molar-refractivity contribution in [2.75, 3.05) is 18.4 Å². The lowest BCUT2D eigenvalue weighted by Crippen LogP contribution is -2.24. The lowest BCUT2D eigenvalue weighted by molar-refractivity contribution is 0.570. The van der Waals surface area contributed by atoms with Gasteiger partial charge >= 0.3 is 0 Å². The van der Waals surface area contributed by atoms with Gasteiger partial charge in [-0.05, 0) is 47.8 Å². The molecule has 1 saturated heterocycles. The van der Waals surface area contributed by atoms with Gasteiger partial charge in [-0.2, -0.15) is 0 Å². The van der Waals surface area contributed by atoms with Gasteiger partial charge in [-0.25, -0.2) is 9.37 Å². The number of aromatic nitrogens is 1. The van der Waals surface area contributed by atoms with Gasteiger partial charge in [0.05, 0.1) is 0 Å². The van der Waals surface area contributed by atoms with E-state index in [9.17, 15) is 4.39 Å². The summed E-state index contributed by atoms with van der Waals surface area (Å²) in [6, 6.07) is 1.99. The summed E-state index contributed by atoms with van der Waals surface area (Å²) in [4.78, 5) is 3.99. The maximum absolute atomic E-state index is 13.4. The van der Waals surface area contributed by atoms with E-state index in [1.807, 2.05) is 0 Å². The molecule has 0 aromatic carbocycles. The highest BCUT2D eigenvalue weighted by molar-refractivity contribution is 9.10. The zero-order valence-electron chi connectivity index (χ0n) is 8.97. The zero-order chi connectivity index (χ0) is 11.4. The number of nitrogens with one attached hydrogen (secondary N) is 2. The first kappa shape index (κ1) is 11.8. The summed E-state index contributed by atoms with van der Waals surface area (Å²) < 4.78 is 14.0. The van der Waals surface area contributed by atoms with E-state index in [0.29, 0.717) is 16.3 Å². The maximum atomic E-state index is 13.4. The summed E-state index contributed by atoms with van der Waals surface area (Å²) in [5.74, 6) is 0.0231. The van der Waals surface area contributed by atoms with Crippen molar-refractivity contribution in [3.05, 3.63) is 22.6 Å². The Morgan fingerprint density at radius 2 is 2.50 bits per heavy atom. The first-order valence-electron chi connectivity index (χ1n) is 5.54. The Kier molecular flexibility index (Phi) is 4.12. The largest absolute Gasteiger partial charge is 0.368 e. The molecule has 0 amide bonds. The van der Waals surface area contributed by atoms with E-state index in [2.05, 4.69) is 31.5 Å². The van der Waals surface area contributed by atoms with Gasteiger partial charge in [-0.15, -0.1) is 0 Å². The van der Waals surface area contributed by atoms with Crippen LogP contribution in [0.15, 0.2) is 16.7 Å². The molecule has 1 aromatic rings. The lowest BCUT2D eigenvalue weighted by atomic mass is 10.1. The summed E-state index contributed by atoms with van der Waals surface area (Å²) in [7, 11) is 0. The highest BCUT2D eigenvalue weighted by Crippen LogP contribution is 2.16. The molecular formula is C11H15BrFN3. The Morgan fingerprint density at radius 3 is 3.19 bits per heavy atom. The van der Waals surface area contributed by atoms with Crippen LogP contribution in [-0.2, 0) is 0 Å². The Bertz CT molecular complexity index is 353. The fourth-order valence-corrected chi connectivity index (χ4v) is 2.22. The second-order valence-electron chi connectivity index (χ2n) is 3.99. The number of nitrogens with zero attached hydrogens (tertiary/aromatic N) is 1. The van der Waals surface area contributed by atoms with Crippen LogP contribution in [-0.4, -0.2) is 24.1 Å². The molecular weight excluding hydrogens is 273 g/mol. The van der Waals surface area contributed by atoms with Crippen molar-refractivity contribution in [3.8, 4) is 0 Å². The van der Waals surface area contributed by atoms with E-state index >= 15 is 0 Å². The van der Waals surface area contributed by atoms with Gasteiger partial charge in [0.2, 0.25) is 0 Å². The van der Waals surface area contributed by atoms with Crippen molar-refractivity contribution in [2.24, 2.45) is 0 Å². The first-order chi connectivity index (χ1) is 7.75. The van der Waals surface area contributed by atoms with E-state index in [1.165, 1.54) is 18.9 Å². The zero-order valence-corrected chi connectivity index (χ0v) is 10.6. The second-order valence-corrected chi connectivity index (χ2v) is 4.91. The molecule has 0 saturated carbocycles. The van der Waals surface area contributed by atoms with Crippen molar-refractivity contribution in [1.29, 1.82) is 0 Å². The molecule has 2 rings (SSSR count). The summed E-state index contributed by atoms with van der Waals surface area (Å²) in [6.07, 6.45) is 5.07. The summed E-state index contributed by atoms with van der Waals surface area (Å²) in [5.41, 5.74) is 0. The molecule has 0 unspecified atom stereocenters. The number of rotatable bonds is 4. The van der Waals surface area contributed by atoms with E-state index < -0.39 is 0 Å². The summed E-state index contributed by atoms with van der Waals surface area (Å²) in [6.45, 7) is 1.86. The molecule has 0 radical (unpaired) electrons. The van der Waals surface area contributed by atoms with Gasteiger partial charge in [-0.3, -0.25) is 0 Å². The number of pyridine rings is 1. The minimum absolute atomic E-state index is 0.311. The third-order valence-electron chi connectivity index (χ3n) is 2.76. The molecule has 5 heteroatoms. The summed E-state index contributed by atoms with van der Waals surface area (Å²) in [5, 5.41) is 6.43. The van der Waals surface area contributed by atoms with Gasteiger partial charge in [0.15, 0.2) is 11.6 Å². The maximum Gasteiger partial charge on any atom is 0.166 e. The Morgan fingerprint density at radius 1 is 1.62 bits per heavy atom. The van der Waals surface area contributed by atoms with Crippen molar-refractivity contribution < 1.29 is 4.39 Å². The van der Waals surface area contributed by atoms with Gasteiger partial charge in [0.25, 0.3) is 0 Å². The summed E-state index contributed by atoms with van der Waals surface area (Å²) >= 11 is 3.18. The minimum Gasteiger partial charge on any atom is -0.368 e. The van der Waals surface area contributed by atoms with Crippen LogP contribution in [0.25, 0.3) is 0 Å². The number of hydrogen-bond acceptors (Lipinski definition) is 3. The Hall–Kier alpha value is -0.680. The predicted molar refractivity (Wildman–Crippen MR) is 66.0 cm³/mol. The van der Waals surface area contributed by atoms with Crippen LogP contribution in [0.3, 0.4) is 0 Å². The van der Waals surface area contributed by atoms with Crippen molar-refractivity contribution in [3.63, 3.8) is 0 Å². The third-order valence-corrected chi connectivity index (χ3v) is 3.19. The van der Waals surface area contributed by atoms with Gasteiger partial charge in [-0.1, -0.05) is 0 Å². The van der Waals surface area contributed by atoms with E-state index in [1.54, 1.807) is 6.20 Å². The van der Waals surface area contributed by atoms with Crippen LogP contribution in [0.4, 0.5) is 10.2 Å². The van der Waals surface area contributed by atoms with Crippen LogP contribution in [0.5, 0.6) is 0 Å². The van der Waals surface area contributed by atoms with Gasteiger partial charge in [0.1, 0.15) is 0 Å². The molecule has 16 heavy (non-hydrogen) atoms. The lowest BCUT2D eigenvalue weighted by Gasteiger charge is -2.11. The highest BCUT2D eigenvalue weighted by atomic mass is 79.9. The highest BCUT2D eigenvalue weighted by Gasteiger charge is 2.13. The molecule has 2 N–H and O–H groups in total. The number of hydrogen-bond donors (Lipinski definition) is 2. The molecule has 1 aliphatic rings. The molecule has 0 bridgehead atoms. The molecule has 0 aliphatic carbocycles. The van der Waals surface area contributed by atoms with Crippen LogP contribution >= 0.6 is 15.9 Å². The monoisotopic (exact) mass is 287 g/mol. The number of halogens is 2. The van der Waals surface area contributed by atoms with Crippen molar-refractivity contribution in [1.82, 2.24) is 10.3 Å². The van der Waals surface area contributed by atoms with Crippen LogP contribution < -0.4 is 10.6 Å². The molecule has 1 aliphatic heterocycles. The molecule has 1 aromatic heterocycles. The topological polar surface area (TPSA) is 37.0 Å². The van der Waals surface area contributed by atoms with Crippen LogP contribution in [0.2, 0.25) is 0 Å². The van der Waals surface area contributed by atoms with E-state index in [-0.39, 0.29) is 5.82 Å². The standard InChI is InChI=1S/C11H15BrFN3/c12-8-6-10(13)11(16-7-8)15-5-3-9-2-1-4-14-9/h6-7,9,14H,1-5H2,(H,15,16)/t9-/m1/s1. The van der Waals surface area contributed by atoms with Crippen molar-refractivity contribution in [2.45, 2.75) is 25.3 Å². The number of anilines is 1. The molecule has 2 heterocycles. The predicted octanol–water partition coefficient (Wildman–Crippen LogP) is 2.54.